The fourth-order valence-corrected chi connectivity index (χ4v) is 4.43. The second-order valence-corrected chi connectivity index (χ2v) is 7.99. The lowest BCUT2D eigenvalue weighted by Crippen LogP contribution is -2.17. The minimum absolute atomic E-state index is 0.275. The summed E-state index contributed by atoms with van der Waals surface area (Å²) < 4.78 is 42.0. The Morgan fingerprint density at radius 1 is 1.03 bits per heavy atom. The molecule has 3 aromatic heterocycles. The van der Waals surface area contributed by atoms with Crippen LogP contribution in [0, 0.1) is 0 Å². The number of fused-ring (bicyclic) bond motifs is 3. The Labute approximate surface area is 182 Å². The topological polar surface area (TPSA) is 51.9 Å². The molecule has 0 amide bonds. The molecule has 0 atom stereocenters. The average Bonchev–Trinajstić information content (AvgIpc) is 2.93. The first kappa shape index (κ1) is 20.5. The molecule has 1 aliphatic rings. The second-order valence-electron chi connectivity index (χ2n) is 7.99. The SMILES string of the molecule is Cn1c2c(c3ccc(-n4ccc(-c5ccc(C(F)(F)F)cn5)cc4=O)cc31)CCNCC2. The minimum atomic E-state index is -4.45. The molecule has 0 spiro atoms. The first-order valence-corrected chi connectivity index (χ1v) is 10.4. The highest BCUT2D eigenvalue weighted by Gasteiger charge is 2.30. The van der Waals surface area contributed by atoms with Crippen molar-refractivity contribution in [1.82, 2.24) is 19.4 Å². The lowest BCUT2D eigenvalue weighted by atomic mass is 10.1. The van der Waals surface area contributed by atoms with Gasteiger partial charge in [-0.2, -0.15) is 13.2 Å². The van der Waals surface area contributed by atoms with Crippen LogP contribution >= 0.6 is 0 Å². The quantitative estimate of drug-likeness (QED) is 0.513. The Balaban J connectivity index is 1.52. The van der Waals surface area contributed by atoms with Gasteiger partial charge in [0.05, 0.1) is 22.5 Å². The van der Waals surface area contributed by atoms with Gasteiger partial charge in [0, 0.05) is 55.1 Å². The van der Waals surface area contributed by atoms with Crippen molar-refractivity contribution < 1.29 is 13.2 Å². The van der Waals surface area contributed by atoms with E-state index < -0.39 is 11.7 Å². The molecule has 4 aromatic rings. The van der Waals surface area contributed by atoms with Crippen molar-refractivity contribution in [3.8, 4) is 16.9 Å². The Hall–Kier alpha value is -3.39. The molecule has 0 saturated heterocycles. The van der Waals surface area contributed by atoms with E-state index in [1.807, 2.05) is 12.1 Å². The molecule has 1 aliphatic heterocycles. The summed E-state index contributed by atoms with van der Waals surface area (Å²) >= 11 is 0. The number of nitrogens with zero attached hydrogens (tertiary/aromatic N) is 3. The Bertz CT molecular complexity index is 1370. The van der Waals surface area contributed by atoms with Crippen LogP contribution in [0.5, 0.6) is 0 Å². The van der Waals surface area contributed by atoms with E-state index in [1.54, 1.807) is 12.3 Å². The summed E-state index contributed by atoms with van der Waals surface area (Å²) in [6, 6.07) is 11.3. The molecule has 0 bridgehead atoms. The molecule has 5 nitrogen and oxygen atoms in total. The van der Waals surface area contributed by atoms with Gasteiger partial charge in [0.2, 0.25) is 0 Å². The second kappa shape index (κ2) is 7.63. The third-order valence-electron chi connectivity index (χ3n) is 6.10. The van der Waals surface area contributed by atoms with Gasteiger partial charge in [-0.1, -0.05) is 6.07 Å². The summed E-state index contributed by atoms with van der Waals surface area (Å²) in [4.78, 5) is 16.7. The summed E-state index contributed by atoms with van der Waals surface area (Å²) in [7, 11) is 2.05. The van der Waals surface area contributed by atoms with Crippen LogP contribution in [0.15, 0.2) is 59.7 Å². The monoisotopic (exact) mass is 438 g/mol. The maximum absolute atomic E-state index is 12.8. The minimum Gasteiger partial charge on any atom is -0.347 e. The van der Waals surface area contributed by atoms with Crippen LogP contribution in [0.25, 0.3) is 27.8 Å². The highest BCUT2D eigenvalue weighted by molar-refractivity contribution is 5.87. The van der Waals surface area contributed by atoms with E-state index in [2.05, 4.69) is 28.0 Å². The van der Waals surface area contributed by atoms with E-state index in [0.29, 0.717) is 11.3 Å². The van der Waals surface area contributed by atoms with Gasteiger partial charge >= 0.3 is 6.18 Å². The molecular weight excluding hydrogens is 417 g/mol. The lowest BCUT2D eigenvalue weighted by Gasteiger charge is -2.10. The zero-order valence-electron chi connectivity index (χ0n) is 17.4. The van der Waals surface area contributed by atoms with Crippen molar-refractivity contribution in [3.63, 3.8) is 0 Å². The van der Waals surface area contributed by atoms with E-state index in [0.717, 1.165) is 49.4 Å². The molecule has 1 aromatic carbocycles. The first-order chi connectivity index (χ1) is 15.3. The van der Waals surface area contributed by atoms with Gasteiger partial charge in [-0.25, -0.2) is 0 Å². The van der Waals surface area contributed by atoms with Gasteiger partial charge < -0.3 is 9.88 Å². The average molecular weight is 438 g/mol. The molecule has 0 radical (unpaired) electrons. The molecule has 0 aliphatic carbocycles. The van der Waals surface area contributed by atoms with Gasteiger partial charge in [-0.15, -0.1) is 0 Å². The standard InChI is InChI=1S/C24H21F3N4O/c1-30-21-7-10-28-9-6-19(21)18-4-3-17(13-22(18)30)31-11-8-15(12-23(31)32)20-5-2-16(14-29-20)24(25,26)27/h2-5,8,11-14,28H,6-7,9-10H2,1H3. The van der Waals surface area contributed by atoms with E-state index in [1.165, 1.54) is 33.3 Å². The largest absolute Gasteiger partial charge is 0.417 e. The molecule has 32 heavy (non-hydrogen) atoms. The summed E-state index contributed by atoms with van der Waals surface area (Å²) in [6.07, 6.45) is -0.0927. The Morgan fingerprint density at radius 3 is 2.56 bits per heavy atom. The molecule has 4 heterocycles. The molecule has 0 saturated carbocycles. The van der Waals surface area contributed by atoms with Crippen LogP contribution < -0.4 is 10.9 Å². The number of nitrogens with one attached hydrogen (secondary N) is 1. The highest BCUT2D eigenvalue weighted by Crippen LogP contribution is 2.30. The number of halogens is 3. The molecule has 0 fully saturated rings. The van der Waals surface area contributed by atoms with E-state index >= 15 is 0 Å². The van der Waals surface area contributed by atoms with E-state index in [-0.39, 0.29) is 5.56 Å². The van der Waals surface area contributed by atoms with Gasteiger partial charge in [0.25, 0.3) is 5.56 Å². The van der Waals surface area contributed by atoms with Crippen molar-refractivity contribution in [2.24, 2.45) is 7.05 Å². The van der Waals surface area contributed by atoms with Crippen molar-refractivity contribution in [2.75, 3.05) is 13.1 Å². The predicted molar refractivity (Wildman–Crippen MR) is 117 cm³/mol. The predicted octanol–water partition coefficient (Wildman–Crippen LogP) is 4.10. The summed E-state index contributed by atoms with van der Waals surface area (Å²) in [6.45, 7) is 1.90. The van der Waals surface area contributed by atoms with Gasteiger partial charge in [0.1, 0.15) is 0 Å². The maximum atomic E-state index is 12.8. The Morgan fingerprint density at radius 2 is 1.84 bits per heavy atom. The zero-order valence-corrected chi connectivity index (χ0v) is 17.4. The van der Waals surface area contributed by atoms with Crippen LogP contribution in [-0.4, -0.2) is 27.2 Å². The van der Waals surface area contributed by atoms with Gasteiger partial charge in [0.15, 0.2) is 0 Å². The molecule has 0 unspecified atom stereocenters. The smallest absolute Gasteiger partial charge is 0.347 e. The zero-order chi connectivity index (χ0) is 22.5. The fraction of sp³-hybridized carbons (Fsp3) is 0.250. The van der Waals surface area contributed by atoms with Crippen molar-refractivity contribution in [3.05, 3.63) is 82.0 Å². The summed E-state index contributed by atoms with van der Waals surface area (Å²) in [5.41, 5.74) is 4.19. The number of hydrogen-bond donors (Lipinski definition) is 1. The number of aryl methyl sites for hydroxylation is 1. The van der Waals surface area contributed by atoms with Crippen molar-refractivity contribution >= 4 is 10.9 Å². The van der Waals surface area contributed by atoms with E-state index in [4.69, 9.17) is 0 Å². The number of rotatable bonds is 2. The van der Waals surface area contributed by atoms with E-state index in [9.17, 15) is 18.0 Å². The molecule has 1 N–H and O–H groups in total. The normalized spacial score (nSPS) is 14.4. The third-order valence-corrected chi connectivity index (χ3v) is 6.10. The summed E-state index contributed by atoms with van der Waals surface area (Å²) in [5, 5.41) is 4.63. The molecule has 5 rings (SSSR count). The maximum Gasteiger partial charge on any atom is 0.417 e. The lowest BCUT2D eigenvalue weighted by molar-refractivity contribution is -0.137. The molecule has 8 heteroatoms. The number of alkyl halides is 3. The fourth-order valence-electron chi connectivity index (χ4n) is 4.43. The molecular formula is C24H21F3N4O. The third kappa shape index (κ3) is 3.50. The van der Waals surface area contributed by atoms with Crippen LogP contribution in [-0.2, 0) is 26.1 Å². The number of benzene rings is 1. The van der Waals surface area contributed by atoms with Crippen LogP contribution in [0.3, 0.4) is 0 Å². The Kier molecular flexibility index (Phi) is 4.89. The number of pyridine rings is 2. The number of aromatic nitrogens is 3. The van der Waals surface area contributed by atoms with Crippen LogP contribution in [0.1, 0.15) is 16.8 Å². The van der Waals surface area contributed by atoms with Gasteiger partial charge in [-0.05, 0) is 48.9 Å². The van der Waals surface area contributed by atoms with Crippen LogP contribution in [0.4, 0.5) is 13.2 Å². The first-order valence-electron chi connectivity index (χ1n) is 10.4. The van der Waals surface area contributed by atoms with Crippen LogP contribution in [0.2, 0.25) is 0 Å². The van der Waals surface area contributed by atoms with Crippen molar-refractivity contribution in [2.45, 2.75) is 19.0 Å². The summed E-state index contributed by atoms with van der Waals surface area (Å²) in [5.74, 6) is 0. The number of hydrogen-bond acceptors (Lipinski definition) is 3. The molecule has 164 valence electrons. The van der Waals surface area contributed by atoms with Gasteiger partial charge in [-0.3, -0.25) is 14.3 Å². The highest BCUT2D eigenvalue weighted by atomic mass is 19.4. The van der Waals surface area contributed by atoms with Crippen molar-refractivity contribution in [1.29, 1.82) is 0 Å².